The molecule has 0 radical (unpaired) electrons. The molecule has 0 aromatic carbocycles. The lowest BCUT2D eigenvalue weighted by atomic mass is 9.97. The fourth-order valence-electron chi connectivity index (χ4n) is 1.65. The van der Waals surface area contributed by atoms with E-state index >= 15 is 0 Å². The van der Waals surface area contributed by atoms with Gasteiger partial charge in [0.15, 0.2) is 5.78 Å². The normalized spacial score (nSPS) is 16.4. The molecule has 1 aliphatic carbocycles. The van der Waals surface area contributed by atoms with Gasteiger partial charge in [0.1, 0.15) is 0 Å². The van der Waals surface area contributed by atoms with Gasteiger partial charge in [0.05, 0.1) is 5.57 Å². The van der Waals surface area contributed by atoms with Gasteiger partial charge in [0, 0.05) is 19.5 Å². The van der Waals surface area contributed by atoms with Crippen LogP contribution in [0.15, 0.2) is 11.6 Å². The zero-order valence-electron chi connectivity index (χ0n) is 8.88. The Labute approximate surface area is 84.8 Å². The number of likely N-dealkylation sites (N-methyl/N-ethyl adjacent to an activating group) is 1. The van der Waals surface area contributed by atoms with Crippen LogP contribution in [-0.4, -0.2) is 29.7 Å². The van der Waals surface area contributed by atoms with Gasteiger partial charge in [-0.25, -0.2) is 0 Å². The van der Waals surface area contributed by atoms with E-state index in [4.69, 9.17) is 0 Å². The molecule has 0 atom stereocenters. The molecule has 0 aromatic heterocycles. The van der Waals surface area contributed by atoms with Crippen LogP contribution in [0.3, 0.4) is 0 Å². The number of allylic oxidation sites excluding steroid dienone is 1. The van der Waals surface area contributed by atoms with E-state index < -0.39 is 0 Å². The molecule has 1 amide bonds. The molecule has 0 saturated heterocycles. The van der Waals surface area contributed by atoms with Crippen LogP contribution in [0.4, 0.5) is 0 Å². The molecule has 3 heteroatoms. The summed E-state index contributed by atoms with van der Waals surface area (Å²) in [5, 5.41) is 0. The summed E-state index contributed by atoms with van der Waals surface area (Å²) in [5.74, 6) is -0.0900. The quantitative estimate of drug-likeness (QED) is 0.640. The highest BCUT2D eigenvalue weighted by Crippen LogP contribution is 2.16. The van der Waals surface area contributed by atoms with E-state index in [9.17, 15) is 9.59 Å². The lowest BCUT2D eigenvalue weighted by Gasteiger charge is -2.21. The maximum atomic E-state index is 11.8. The molecule has 0 aliphatic heterocycles. The number of ketones is 1. The molecule has 0 saturated carbocycles. The molecular weight excluding hydrogens is 178 g/mol. The Hall–Kier alpha value is -1.12. The number of Topliss-reactive ketones (excluding diaryl/α,β-unsaturated/α-hetero) is 1. The Bertz CT molecular complexity index is 264. The third-order valence-electron chi connectivity index (χ3n) is 2.54. The highest BCUT2D eigenvalue weighted by molar-refractivity contribution is 6.19. The smallest absolute Gasteiger partial charge is 0.257 e. The maximum absolute atomic E-state index is 11.8. The number of hydrogen-bond donors (Lipinski definition) is 0. The first-order valence-corrected chi connectivity index (χ1v) is 5.23. The number of nitrogens with zero attached hydrogens (tertiary/aromatic N) is 1. The van der Waals surface area contributed by atoms with Crippen molar-refractivity contribution in [2.45, 2.75) is 33.1 Å². The number of rotatable bonds is 3. The topological polar surface area (TPSA) is 37.4 Å². The number of carbonyl (C=O) groups is 2. The van der Waals surface area contributed by atoms with Gasteiger partial charge >= 0.3 is 0 Å². The molecule has 0 unspecified atom stereocenters. The Morgan fingerprint density at radius 2 is 2.07 bits per heavy atom. The molecule has 1 rings (SSSR count). The van der Waals surface area contributed by atoms with Crippen LogP contribution in [0.5, 0.6) is 0 Å². The van der Waals surface area contributed by atoms with Crippen LogP contribution in [0.2, 0.25) is 0 Å². The molecule has 3 nitrogen and oxygen atoms in total. The van der Waals surface area contributed by atoms with Crippen LogP contribution < -0.4 is 0 Å². The molecule has 78 valence electrons. The second-order valence-corrected chi connectivity index (χ2v) is 3.41. The van der Waals surface area contributed by atoms with Crippen molar-refractivity contribution in [3.8, 4) is 0 Å². The summed E-state index contributed by atoms with van der Waals surface area (Å²) in [6.07, 6.45) is 4.05. The molecule has 0 fully saturated rings. The van der Waals surface area contributed by atoms with Crippen molar-refractivity contribution in [2.75, 3.05) is 13.1 Å². The van der Waals surface area contributed by atoms with Crippen molar-refractivity contribution in [1.29, 1.82) is 0 Å². The summed E-state index contributed by atoms with van der Waals surface area (Å²) in [6, 6.07) is 0. The second kappa shape index (κ2) is 4.94. The standard InChI is InChI=1S/C11H17NO2/c1-3-12(4-2)11(14)9-7-5-6-8-10(9)13/h7H,3-6,8H2,1-2H3. The molecular formula is C11H17NO2. The Kier molecular flexibility index (Phi) is 3.86. The molecule has 0 bridgehead atoms. The van der Waals surface area contributed by atoms with E-state index in [1.54, 1.807) is 11.0 Å². The summed E-state index contributed by atoms with van der Waals surface area (Å²) >= 11 is 0. The summed E-state index contributed by atoms with van der Waals surface area (Å²) in [6.45, 7) is 5.18. The Morgan fingerprint density at radius 1 is 1.43 bits per heavy atom. The molecule has 0 aromatic rings. The van der Waals surface area contributed by atoms with Crippen molar-refractivity contribution < 1.29 is 9.59 Å². The molecule has 1 aliphatic rings. The van der Waals surface area contributed by atoms with Crippen LogP contribution in [0.1, 0.15) is 33.1 Å². The maximum Gasteiger partial charge on any atom is 0.257 e. The highest BCUT2D eigenvalue weighted by Gasteiger charge is 2.23. The molecule has 0 heterocycles. The van der Waals surface area contributed by atoms with Crippen molar-refractivity contribution >= 4 is 11.7 Å². The first-order valence-electron chi connectivity index (χ1n) is 5.23. The largest absolute Gasteiger partial charge is 0.339 e. The predicted molar refractivity (Wildman–Crippen MR) is 54.9 cm³/mol. The lowest BCUT2D eigenvalue weighted by Crippen LogP contribution is -2.34. The molecule has 0 spiro atoms. The summed E-state index contributed by atoms with van der Waals surface area (Å²) in [5.41, 5.74) is 0.403. The predicted octanol–water partition coefficient (Wildman–Crippen LogP) is 1.53. The summed E-state index contributed by atoms with van der Waals surface area (Å²) in [4.78, 5) is 25.0. The summed E-state index contributed by atoms with van der Waals surface area (Å²) in [7, 11) is 0. The average Bonchev–Trinajstić information content (AvgIpc) is 2.20. The van der Waals surface area contributed by atoms with Gasteiger partial charge in [-0.3, -0.25) is 9.59 Å². The van der Waals surface area contributed by atoms with Crippen molar-refractivity contribution in [1.82, 2.24) is 4.90 Å². The van der Waals surface area contributed by atoms with E-state index in [-0.39, 0.29) is 11.7 Å². The van der Waals surface area contributed by atoms with E-state index in [1.807, 2.05) is 13.8 Å². The van der Waals surface area contributed by atoms with E-state index in [2.05, 4.69) is 0 Å². The van der Waals surface area contributed by atoms with Crippen molar-refractivity contribution in [3.63, 3.8) is 0 Å². The monoisotopic (exact) mass is 195 g/mol. The minimum atomic E-state index is -0.0975. The summed E-state index contributed by atoms with van der Waals surface area (Å²) < 4.78 is 0. The van der Waals surface area contributed by atoms with Gasteiger partial charge in [-0.15, -0.1) is 0 Å². The van der Waals surface area contributed by atoms with Gasteiger partial charge in [-0.2, -0.15) is 0 Å². The van der Waals surface area contributed by atoms with Gasteiger partial charge in [0.2, 0.25) is 0 Å². The lowest BCUT2D eigenvalue weighted by molar-refractivity contribution is -0.129. The highest BCUT2D eigenvalue weighted by atomic mass is 16.2. The van der Waals surface area contributed by atoms with Gasteiger partial charge in [-0.05, 0) is 26.7 Å². The zero-order valence-corrected chi connectivity index (χ0v) is 8.88. The fourth-order valence-corrected chi connectivity index (χ4v) is 1.65. The number of hydrogen-bond acceptors (Lipinski definition) is 2. The minimum Gasteiger partial charge on any atom is -0.339 e. The minimum absolute atomic E-state index is 0.00755. The molecule has 0 N–H and O–H groups in total. The van der Waals surface area contributed by atoms with E-state index in [0.717, 1.165) is 12.8 Å². The first kappa shape index (κ1) is 11.0. The first-order chi connectivity index (χ1) is 6.70. The number of amides is 1. The SMILES string of the molecule is CCN(CC)C(=O)C1=CCCCC1=O. The Morgan fingerprint density at radius 3 is 2.57 bits per heavy atom. The zero-order chi connectivity index (χ0) is 10.6. The fraction of sp³-hybridized carbons (Fsp3) is 0.636. The van der Waals surface area contributed by atoms with Gasteiger partial charge in [-0.1, -0.05) is 6.08 Å². The second-order valence-electron chi connectivity index (χ2n) is 3.41. The Balaban J connectivity index is 2.76. The van der Waals surface area contributed by atoms with Gasteiger partial charge < -0.3 is 4.90 Å². The third kappa shape index (κ3) is 2.22. The number of carbonyl (C=O) groups excluding carboxylic acids is 2. The van der Waals surface area contributed by atoms with Crippen molar-refractivity contribution in [2.24, 2.45) is 0 Å². The van der Waals surface area contributed by atoms with E-state index in [1.165, 1.54) is 0 Å². The van der Waals surface area contributed by atoms with Gasteiger partial charge in [0.25, 0.3) is 5.91 Å². The van der Waals surface area contributed by atoms with Crippen molar-refractivity contribution in [3.05, 3.63) is 11.6 Å². The van der Waals surface area contributed by atoms with Crippen LogP contribution in [0, 0.1) is 0 Å². The average molecular weight is 195 g/mol. The van der Waals surface area contributed by atoms with Crippen LogP contribution in [0.25, 0.3) is 0 Å². The van der Waals surface area contributed by atoms with Crippen LogP contribution >= 0.6 is 0 Å². The third-order valence-corrected chi connectivity index (χ3v) is 2.54. The van der Waals surface area contributed by atoms with Crippen LogP contribution in [-0.2, 0) is 9.59 Å². The van der Waals surface area contributed by atoms with E-state index in [0.29, 0.717) is 25.1 Å². The molecule has 14 heavy (non-hydrogen) atoms.